The zero-order valence-electron chi connectivity index (χ0n) is 8.33. The van der Waals surface area contributed by atoms with Crippen molar-refractivity contribution >= 4 is 17.1 Å². The van der Waals surface area contributed by atoms with Gasteiger partial charge in [-0.2, -0.15) is 5.26 Å². The zero-order chi connectivity index (χ0) is 11.4. The summed E-state index contributed by atoms with van der Waals surface area (Å²) in [4.78, 5) is 16.4. The molecule has 0 aliphatic heterocycles. The lowest BCUT2D eigenvalue weighted by Crippen LogP contribution is -2.09. The average molecular weight is 228 g/mol. The van der Waals surface area contributed by atoms with Crippen LogP contribution in [0.5, 0.6) is 0 Å². The van der Waals surface area contributed by atoms with Crippen LogP contribution in [-0.2, 0) is 0 Å². The summed E-state index contributed by atoms with van der Waals surface area (Å²) in [5.74, 6) is -0.919. The van der Waals surface area contributed by atoms with Crippen LogP contribution < -0.4 is 0 Å². The SMILES string of the molecule is N#CC(C(=O)c1cncs1)c1ccccc1. The van der Waals surface area contributed by atoms with Crippen molar-refractivity contribution in [2.45, 2.75) is 5.92 Å². The molecule has 0 bridgehead atoms. The molecule has 0 radical (unpaired) electrons. The molecule has 2 aromatic rings. The van der Waals surface area contributed by atoms with Crippen LogP contribution in [0, 0.1) is 11.3 Å². The predicted octanol–water partition coefficient (Wildman–Crippen LogP) is 2.63. The second kappa shape index (κ2) is 4.69. The molecule has 1 aromatic heterocycles. The molecule has 0 aliphatic carbocycles. The standard InChI is InChI=1S/C12H8N2OS/c13-6-10(9-4-2-1-3-5-9)12(15)11-7-14-8-16-11/h1-5,7-8,10H. The van der Waals surface area contributed by atoms with Gasteiger partial charge < -0.3 is 0 Å². The van der Waals surface area contributed by atoms with Crippen LogP contribution in [0.3, 0.4) is 0 Å². The molecule has 0 N–H and O–H groups in total. The Labute approximate surface area is 97.0 Å². The van der Waals surface area contributed by atoms with Gasteiger partial charge in [-0.3, -0.25) is 9.78 Å². The number of Topliss-reactive ketones (excluding diaryl/α,β-unsaturated/α-hetero) is 1. The van der Waals surface area contributed by atoms with Gasteiger partial charge in [0.05, 0.1) is 16.5 Å². The van der Waals surface area contributed by atoms with Gasteiger partial charge in [0.15, 0.2) is 5.78 Å². The summed E-state index contributed by atoms with van der Waals surface area (Å²) < 4.78 is 0. The highest BCUT2D eigenvalue weighted by Gasteiger charge is 2.22. The number of hydrogen-bond acceptors (Lipinski definition) is 4. The Morgan fingerprint density at radius 2 is 2.12 bits per heavy atom. The highest BCUT2D eigenvalue weighted by atomic mass is 32.1. The van der Waals surface area contributed by atoms with Crippen LogP contribution in [0.15, 0.2) is 42.0 Å². The number of carbonyl (C=O) groups is 1. The fourth-order valence-electron chi connectivity index (χ4n) is 1.41. The summed E-state index contributed by atoms with van der Waals surface area (Å²) >= 11 is 1.26. The van der Waals surface area contributed by atoms with E-state index in [0.717, 1.165) is 5.56 Å². The molecular formula is C12H8N2OS. The van der Waals surface area contributed by atoms with Crippen molar-refractivity contribution < 1.29 is 4.79 Å². The number of aromatic nitrogens is 1. The van der Waals surface area contributed by atoms with Crippen LogP contribution in [0.2, 0.25) is 0 Å². The van der Waals surface area contributed by atoms with Crippen LogP contribution in [0.1, 0.15) is 21.2 Å². The van der Waals surface area contributed by atoms with Gasteiger partial charge in [0.25, 0.3) is 0 Å². The Balaban J connectivity index is 2.32. The normalized spacial score (nSPS) is 11.7. The number of carbonyl (C=O) groups excluding carboxylic acids is 1. The maximum absolute atomic E-state index is 12.0. The summed E-state index contributed by atoms with van der Waals surface area (Å²) in [6, 6.07) is 11.1. The minimum absolute atomic E-state index is 0.184. The highest BCUT2D eigenvalue weighted by molar-refractivity contribution is 7.11. The Bertz CT molecular complexity index is 514. The molecule has 0 saturated carbocycles. The Hall–Kier alpha value is -1.99. The Morgan fingerprint density at radius 3 is 2.69 bits per heavy atom. The van der Waals surface area contributed by atoms with E-state index < -0.39 is 5.92 Å². The summed E-state index contributed by atoms with van der Waals surface area (Å²) in [5, 5.41) is 9.06. The fraction of sp³-hybridized carbons (Fsp3) is 0.0833. The van der Waals surface area contributed by atoms with Crippen LogP contribution in [0.25, 0.3) is 0 Å². The summed E-state index contributed by atoms with van der Waals surface area (Å²) in [7, 11) is 0. The largest absolute Gasteiger partial charge is 0.291 e. The van der Waals surface area contributed by atoms with Gasteiger partial charge in [-0.25, -0.2) is 0 Å². The van der Waals surface area contributed by atoms with Gasteiger partial charge in [-0.15, -0.1) is 11.3 Å². The molecule has 2 rings (SSSR count). The zero-order valence-corrected chi connectivity index (χ0v) is 9.15. The van der Waals surface area contributed by atoms with E-state index in [1.807, 2.05) is 24.3 Å². The van der Waals surface area contributed by atoms with Gasteiger partial charge in [-0.05, 0) is 5.56 Å². The maximum atomic E-state index is 12.0. The lowest BCUT2D eigenvalue weighted by Gasteiger charge is -2.05. The molecule has 4 heteroatoms. The van der Waals surface area contributed by atoms with Gasteiger partial charge in [-0.1, -0.05) is 30.3 Å². The second-order valence-electron chi connectivity index (χ2n) is 3.20. The Kier molecular flexibility index (Phi) is 3.08. The summed E-state index contributed by atoms with van der Waals surface area (Å²) in [6.45, 7) is 0. The quantitative estimate of drug-likeness (QED) is 0.759. The number of rotatable bonds is 3. The Morgan fingerprint density at radius 1 is 1.38 bits per heavy atom. The number of benzene rings is 1. The van der Waals surface area contributed by atoms with Crippen molar-refractivity contribution in [1.82, 2.24) is 4.98 Å². The van der Waals surface area contributed by atoms with Crippen molar-refractivity contribution in [3.05, 3.63) is 52.5 Å². The third-order valence-corrected chi connectivity index (χ3v) is 2.99. The third-order valence-electron chi connectivity index (χ3n) is 2.20. The first-order valence-corrected chi connectivity index (χ1v) is 5.58. The number of ketones is 1. The lowest BCUT2D eigenvalue weighted by atomic mass is 9.96. The van der Waals surface area contributed by atoms with E-state index in [9.17, 15) is 4.79 Å². The van der Waals surface area contributed by atoms with E-state index in [4.69, 9.17) is 5.26 Å². The van der Waals surface area contributed by atoms with E-state index in [0.29, 0.717) is 4.88 Å². The molecule has 0 amide bonds. The molecule has 1 atom stereocenters. The fourth-order valence-corrected chi connectivity index (χ4v) is 2.00. The van der Waals surface area contributed by atoms with Crippen LogP contribution >= 0.6 is 11.3 Å². The molecule has 3 nitrogen and oxygen atoms in total. The van der Waals surface area contributed by atoms with Gasteiger partial charge in [0.2, 0.25) is 0 Å². The van der Waals surface area contributed by atoms with Crippen molar-refractivity contribution in [2.24, 2.45) is 0 Å². The molecule has 0 saturated heterocycles. The van der Waals surface area contributed by atoms with Crippen molar-refractivity contribution in [2.75, 3.05) is 0 Å². The molecular weight excluding hydrogens is 220 g/mol. The number of hydrogen-bond donors (Lipinski definition) is 0. The summed E-state index contributed by atoms with van der Waals surface area (Å²) in [6.07, 6.45) is 1.50. The molecule has 1 heterocycles. The molecule has 78 valence electrons. The minimum atomic E-state index is -0.735. The predicted molar refractivity (Wildman–Crippen MR) is 61.2 cm³/mol. The topological polar surface area (TPSA) is 53.8 Å². The van der Waals surface area contributed by atoms with Crippen molar-refractivity contribution in [1.29, 1.82) is 5.26 Å². The number of thiazole rings is 1. The van der Waals surface area contributed by atoms with Crippen LogP contribution in [0.4, 0.5) is 0 Å². The molecule has 0 fully saturated rings. The second-order valence-corrected chi connectivity index (χ2v) is 4.09. The monoisotopic (exact) mass is 228 g/mol. The van der Waals surface area contributed by atoms with Crippen LogP contribution in [-0.4, -0.2) is 10.8 Å². The van der Waals surface area contributed by atoms with Gasteiger partial charge >= 0.3 is 0 Å². The first-order chi connectivity index (χ1) is 7.83. The number of nitrogens with zero attached hydrogens (tertiary/aromatic N) is 2. The maximum Gasteiger partial charge on any atom is 0.195 e. The van der Waals surface area contributed by atoms with Gasteiger partial charge in [0.1, 0.15) is 5.92 Å². The van der Waals surface area contributed by atoms with Gasteiger partial charge in [0, 0.05) is 6.20 Å². The van der Waals surface area contributed by atoms with E-state index in [1.54, 1.807) is 17.6 Å². The first-order valence-electron chi connectivity index (χ1n) is 4.70. The molecule has 1 aromatic carbocycles. The van der Waals surface area contributed by atoms with Crippen molar-refractivity contribution in [3.63, 3.8) is 0 Å². The van der Waals surface area contributed by atoms with Crippen molar-refractivity contribution in [3.8, 4) is 6.07 Å². The molecule has 1 unspecified atom stereocenters. The number of nitriles is 1. The third kappa shape index (κ3) is 2.00. The van der Waals surface area contributed by atoms with E-state index in [1.165, 1.54) is 17.5 Å². The first kappa shape index (κ1) is 10.5. The molecule has 0 spiro atoms. The molecule has 16 heavy (non-hydrogen) atoms. The average Bonchev–Trinajstić information content (AvgIpc) is 2.85. The molecule has 0 aliphatic rings. The van der Waals surface area contributed by atoms with E-state index >= 15 is 0 Å². The summed E-state index contributed by atoms with van der Waals surface area (Å²) in [5.41, 5.74) is 2.32. The highest BCUT2D eigenvalue weighted by Crippen LogP contribution is 2.21. The smallest absolute Gasteiger partial charge is 0.195 e. The lowest BCUT2D eigenvalue weighted by molar-refractivity contribution is 0.0982. The minimum Gasteiger partial charge on any atom is -0.291 e. The van der Waals surface area contributed by atoms with E-state index in [-0.39, 0.29) is 5.78 Å². The van der Waals surface area contributed by atoms with E-state index in [2.05, 4.69) is 4.98 Å².